The number of rotatable bonds is 5. The Morgan fingerprint density at radius 3 is 2.40 bits per heavy atom. The number of methoxy groups -OCH3 is 2. The van der Waals surface area contributed by atoms with Gasteiger partial charge in [-0.25, -0.2) is 4.79 Å². The average Bonchev–Trinajstić information content (AvgIpc) is 3.43. The van der Waals surface area contributed by atoms with Gasteiger partial charge >= 0.3 is 6.03 Å². The van der Waals surface area contributed by atoms with Crippen molar-refractivity contribution in [1.82, 2.24) is 0 Å². The highest BCUT2D eigenvalue weighted by Crippen LogP contribution is 2.33. The molecule has 7 nitrogen and oxygen atoms in total. The Morgan fingerprint density at radius 1 is 0.967 bits per heavy atom. The summed E-state index contributed by atoms with van der Waals surface area (Å²) in [6.07, 6.45) is 0.796. The standard InChI is InChI=1S/C22H21N3O4S/c1-28-18-8-7-16(13-19(18)29-2)24-22(27)23-15-6-5-14-9-10-25(17(14)12-15)21(26)20-4-3-11-30-20/h3-8,11-13H,9-10H2,1-2H3,(H2,23,24,27). The Balaban J connectivity index is 1.48. The number of hydrogen-bond acceptors (Lipinski definition) is 5. The summed E-state index contributed by atoms with van der Waals surface area (Å²) in [6, 6.07) is 14.0. The van der Waals surface area contributed by atoms with Crippen molar-refractivity contribution in [3.8, 4) is 11.5 Å². The van der Waals surface area contributed by atoms with Gasteiger partial charge in [-0.2, -0.15) is 0 Å². The van der Waals surface area contributed by atoms with E-state index in [0.29, 0.717) is 34.3 Å². The molecule has 1 aliphatic heterocycles. The Morgan fingerprint density at radius 2 is 1.70 bits per heavy atom. The second kappa shape index (κ2) is 8.46. The maximum atomic E-state index is 12.8. The summed E-state index contributed by atoms with van der Waals surface area (Å²) in [5.74, 6) is 1.09. The van der Waals surface area contributed by atoms with Crippen LogP contribution in [-0.4, -0.2) is 32.7 Å². The minimum absolute atomic E-state index is 0.0179. The predicted molar refractivity (Wildman–Crippen MR) is 118 cm³/mol. The molecule has 30 heavy (non-hydrogen) atoms. The molecule has 1 aromatic heterocycles. The molecule has 1 aliphatic rings. The van der Waals surface area contributed by atoms with Crippen LogP contribution in [0.3, 0.4) is 0 Å². The molecule has 0 bridgehead atoms. The van der Waals surface area contributed by atoms with Crippen LogP contribution >= 0.6 is 11.3 Å². The molecule has 0 radical (unpaired) electrons. The Hall–Kier alpha value is -3.52. The van der Waals surface area contributed by atoms with Gasteiger partial charge < -0.3 is 25.0 Å². The minimum Gasteiger partial charge on any atom is -0.493 e. The van der Waals surface area contributed by atoms with E-state index in [-0.39, 0.29) is 5.91 Å². The largest absolute Gasteiger partial charge is 0.493 e. The van der Waals surface area contributed by atoms with E-state index in [2.05, 4.69) is 10.6 Å². The van der Waals surface area contributed by atoms with E-state index in [4.69, 9.17) is 9.47 Å². The maximum absolute atomic E-state index is 12.8. The molecule has 154 valence electrons. The fraction of sp³-hybridized carbons (Fsp3) is 0.182. The number of anilines is 3. The van der Waals surface area contributed by atoms with E-state index in [9.17, 15) is 9.59 Å². The highest BCUT2D eigenvalue weighted by Gasteiger charge is 2.26. The van der Waals surface area contributed by atoms with E-state index in [0.717, 1.165) is 17.7 Å². The van der Waals surface area contributed by atoms with Crippen LogP contribution in [0.1, 0.15) is 15.2 Å². The fourth-order valence-electron chi connectivity index (χ4n) is 3.41. The molecule has 0 saturated carbocycles. The number of hydrogen-bond donors (Lipinski definition) is 2. The SMILES string of the molecule is COc1ccc(NC(=O)Nc2ccc3c(c2)N(C(=O)c2cccs2)CC3)cc1OC. The van der Waals surface area contributed by atoms with Crippen molar-refractivity contribution in [2.75, 3.05) is 36.3 Å². The molecule has 4 rings (SSSR count). The molecule has 0 fully saturated rings. The number of carbonyl (C=O) groups is 2. The van der Waals surface area contributed by atoms with Crippen molar-refractivity contribution < 1.29 is 19.1 Å². The summed E-state index contributed by atoms with van der Waals surface area (Å²) < 4.78 is 10.5. The molecule has 0 atom stereocenters. The zero-order chi connectivity index (χ0) is 21.1. The van der Waals surface area contributed by atoms with Crippen molar-refractivity contribution in [2.24, 2.45) is 0 Å². The summed E-state index contributed by atoms with van der Waals surface area (Å²) in [5.41, 5.74) is 3.10. The lowest BCUT2D eigenvalue weighted by Crippen LogP contribution is -2.28. The van der Waals surface area contributed by atoms with E-state index < -0.39 is 6.03 Å². The minimum atomic E-state index is -0.392. The van der Waals surface area contributed by atoms with E-state index in [1.807, 2.05) is 35.7 Å². The Labute approximate surface area is 178 Å². The van der Waals surface area contributed by atoms with Gasteiger partial charge in [-0.1, -0.05) is 12.1 Å². The van der Waals surface area contributed by atoms with Crippen molar-refractivity contribution in [2.45, 2.75) is 6.42 Å². The number of nitrogens with zero attached hydrogens (tertiary/aromatic N) is 1. The van der Waals surface area contributed by atoms with Crippen LogP contribution in [0.2, 0.25) is 0 Å². The number of amides is 3. The second-order valence-electron chi connectivity index (χ2n) is 6.68. The molecule has 2 heterocycles. The van der Waals surface area contributed by atoms with Crippen LogP contribution in [-0.2, 0) is 6.42 Å². The molecule has 0 aliphatic carbocycles. The van der Waals surface area contributed by atoms with Gasteiger partial charge in [-0.3, -0.25) is 4.79 Å². The van der Waals surface area contributed by atoms with Crippen molar-refractivity contribution in [3.05, 3.63) is 64.4 Å². The molecule has 3 aromatic rings. The number of fused-ring (bicyclic) bond motifs is 1. The van der Waals surface area contributed by atoms with E-state index >= 15 is 0 Å². The first-order valence-electron chi connectivity index (χ1n) is 9.37. The molecule has 3 amide bonds. The number of thiophene rings is 1. The topological polar surface area (TPSA) is 79.9 Å². The molecule has 2 aromatic carbocycles. The summed E-state index contributed by atoms with van der Waals surface area (Å²) in [4.78, 5) is 27.7. The number of carbonyl (C=O) groups excluding carboxylic acids is 2. The second-order valence-corrected chi connectivity index (χ2v) is 7.62. The molecular weight excluding hydrogens is 402 g/mol. The molecule has 0 unspecified atom stereocenters. The average molecular weight is 423 g/mol. The van der Waals surface area contributed by atoms with Crippen LogP contribution in [0.4, 0.5) is 21.9 Å². The van der Waals surface area contributed by atoms with E-state index in [1.54, 1.807) is 30.2 Å². The molecule has 0 saturated heterocycles. The van der Waals surface area contributed by atoms with Crippen LogP contribution in [0, 0.1) is 0 Å². The van der Waals surface area contributed by atoms with Crippen molar-refractivity contribution in [3.63, 3.8) is 0 Å². The van der Waals surface area contributed by atoms with Crippen LogP contribution < -0.4 is 25.0 Å². The first-order chi connectivity index (χ1) is 14.6. The van der Waals surface area contributed by atoms with Gasteiger partial charge in [-0.05, 0) is 47.7 Å². The summed E-state index contributed by atoms with van der Waals surface area (Å²) in [5, 5.41) is 7.49. The number of ether oxygens (including phenoxy) is 2. The smallest absolute Gasteiger partial charge is 0.323 e. The zero-order valence-electron chi connectivity index (χ0n) is 16.6. The van der Waals surface area contributed by atoms with Crippen molar-refractivity contribution >= 4 is 40.3 Å². The van der Waals surface area contributed by atoms with Gasteiger partial charge in [0.15, 0.2) is 11.5 Å². The monoisotopic (exact) mass is 423 g/mol. The van der Waals surface area contributed by atoms with Gasteiger partial charge in [0, 0.05) is 29.7 Å². The lowest BCUT2D eigenvalue weighted by molar-refractivity contribution is 0.0993. The Bertz CT molecular complexity index is 1080. The normalized spacial score (nSPS) is 12.3. The summed E-state index contributed by atoms with van der Waals surface area (Å²) in [7, 11) is 3.09. The maximum Gasteiger partial charge on any atom is 0.323 e. The first kappa shape index (κ1) is 19.8. The van der Waals surface area contributed by atoms with Crippen LogP contribution in [0.5, 0.6) is 11.5 Å². The number of benzene rings is 2. The fourth-order valence-corrected chi connectivity index (χ4v) is 4.08. The quantitative estimate of drug-likeness (QED) is 0.628. The highest BCUT2D eigenvalue weighted by atomic mass is 32.1. The van der Waals surface area contributed by atoms with E-state index in [1.165, 1.54) is 18.4 Å². The lowest BCUT2D eigenvalue weighted by atomic mass is 10.1. The summed E-state index contributed by atoms with van der Waals surface area (Å²) in [6.45, 7) is 0.632. The van der Waals surface area contributed by atoms with Gasteiger partial charge in [-0.15, -0.1) is 11.3 Å². The predicted octanol–water partition coefficient (Wildman–Crippen LogP) is 4.61. The third-order valence-electron chi connectivity index (χ3n) is 4.86. The lowest BCUT2D eigenvalue weighted by Gasteiger charge is -2.17. The van der Waals surface area contributed by atoms with Gasteiger partial charge in [0.25, 0.3) is 5.91 Å². The van der Waals surface area contributed by atoms with Crippen LogP contribution in [0.25, 0.3) is 0 Å². The first-order valence-corrected chi connectivity index (χ1v) is 10.3. The van der Waals surface area contributed by atoms with Gasteiger partial charge in [0.05, 0.1) is 19.1 Å². The summed E-state index contributed by atoms with van der Waals surface area (Å²) >= 11 is 1.42. The molecule has 8 heteroatoms. The third-order valence-corrected chi connectivity index (χ3v) is 5.72. The highest BCUT2D eigenvalue weighted by molar-refractivity contribution is 7.12. The molecule has 2 N–H and O–H groups in total. The Kier molecular flexibility index (Phi) is 5.58. The zero-order valence-corrected chi connectivity index (χ0v) is 17.4. The molecule has 0 spiro atoms. The third kappa shape index (κ3) is 3.95. The number of urea groups is 1. The van der Waals surface area contributed by atoms with Gasteiger partial charge in [0.1, 0.15) is 0 Å². The van der Waals surface area contributed by atoms with Gasteiger partial charge in [0.2, 0.25) is 0 Å². The number of nitrogens with one attached hydrogen (secondary N) is 2. The van der Waals surface area contributed by atoms with Crippen molar-refractivity contribution in [1.29, 1.82) is 0 Å². The molecular formula is C22H21N3O4S. The van der Waals surface area contributed by atoms with Crippen LogP contribution in [0.15, 0.2) is 53.9 Å².